The SMILES string of the molecule is O=C(O)CSc1nc2c(F)cccc2n1C1CCCC1. The maximum absolute atomic E-state index is 13.9. The number of thioether (sulfide) groups is 1. The molecule has 0 unspecified atom stereocenters. The van der Waals surface area contributed by atoms with E-state index < -0.39 is 5.97 Å². The highest BCUT2D eigenvalue weighted by Gasteiger charge is 2.24. The van der Waals surface area contributed by atoms with Crippen LogP contribution in [-0.4, -0.2) is 26.4 Å². The Balaban J connectivity index is 2.08. The monoisotopic (exact) mass is 294 g/mol. The summed E-state index contributed by atoms with van der Waals surface area (Å²) in [6.45, 7) is 0. The topological polar surface area (TPSA) is 55.1 Å². The molecule has 106 valence electrons. The fraction of sp³-hybridized carbons (Fsp3) is 0.429. The number of aromatic nitrogens is 2. The van der Waals surface area contributed by atoms with Crippen LogP contribution in [0.15, 0.2) is 23.4 Å². The number of carboxylic acid groups (broad SMARTS) is 1. The lowest BCUT2D eigenvalue weighted by Crippen LogP contribution is -2.07. The first-order valence-electron chi connectivity index (χ1n) is 6.68. The van der Waals surface area contributed by atoms with Crippen LogP contribution < -0.4 is 0 Å². The van der Waals surface area contributed by atoms with E-state index in [1.807, 2.05) is 10.6 Å². The highest BCUT2D eigenvalue weighted by molar-refractivity contribution is 7.99. The van der Waals surface area contributed by atoms with Gasteiger partial charge in [0.1, 0.15) is 5.52 Å². The van der Waals surface area contributed by atoms with Crippen molar-refractivity contribution < 1.29 is 14.3 Å². The maximum Gasteiger partial charge on any atom is 0.313 e. The molecule has 1 saturated carbocycles. The van der Waals surface area contributed by atoms with Gasteiger partial charge in [-0.2, -0.15) is 0 Å². The van der Waals surface area contributed by atoms with Gasteiger partial charge in [0, 0.05) is 6.04 Å². The predicted molar refractivity (Wildman–Crippen MR) is 75.6 cm³/mol. The molecule has 20 heavy (non-hydrogen) atoms. The summed E-state index contributed by atoms with van der Waals surface area (Å²) < 4.78 is 15.9. The molecule has 1 heterocycles. The summed E-state index contributed by atoms with van der Waals surface area (Å²) in [7, 11) is 0. The summed E-state index contributed by atoms with van der Waals surface area (Å²) in [5.74, 6) is -1.30. The van der Waals surface area contributed by atoms with E-state index in [4.69, 9.17) is 5.11 Å². The number of carbonyl (C=O) groups is 1. The van der Waals surface area contributed by atoms with Crippen molar-refractivity contribution >= 4 is 28.8 Å². The van der Waals surface area contributed by atoms with Crippen molar-refractivity contribution in [2.75, 3.05) is 5.75 Å². The van der Waals surface area contributed by atoms with Crippen LogP contribution in [0.3, 0.4) is 0 Å². The van der Waals surface area contributed by atoms with Gasteiger partial charge in [0.25, 0.3) is 0 Å². The fourth-order valence-corrected chi connectivity index (χ4v) is 3.60. The third-order valence-electron chi connectivity index (χ3n) is 3.65. The number of aliphatic carboxylic acids is 1. The minimum Gasteiger partial charge on any atom is -0.481 e. The van der Waals surface area contributed by atoms with Crippen LogP contribution in [0.5, 0.6) is 0 Å². The number of para-hydroxylation sites is 1. The number of nitrogens with zero attached hydrogens (tertiary/aromatic N) is 2. The van der Waals surface area contributed by atoms with Gasteiger partial charge < -0.3 is 9.67 Å². The highest BCUT2D eigenvalue weighted by atomic mass is 32.2. The summed E-state index contributed by atoms with van der Waals surface area (Å²) in [5.41, 5.74) is 1.11. The molecule has 0 bridgehead atoms. The molecule has 0 amide bonds. The lowest BCUT2D eigenvalue weighted by atomic mass is 10.2. The summed E-state index contributed by atoms with van der Waals surface area (Å²) in [4.78, 5) is 15.1. The van der Waals surface area contributed by atoms with E-state index in [9.17, 15) is 9.18 Å². The van der Waals surface area contributed by atoms with Crippen LogP contribution in [0.4, 0.5) is 4.39 Å². The second kappa shape index (κ2) is 5.44. The normalized spacial score (nSPS) is 16.1. The Labute approximate surface area is 120 Å². The molecular weight excluding hydrogens is 279 g/mol. The van der Waals surface area contributed by atoms with Gasteiger partial charge >= 0.3 is 5.97 Å². The Morgan fingerprint density at radius 3 is 2.90 bits per heavy atom. The molecule has 0 spiro atoms. The molecule has 3 rings (SSSR count). The van der Waals surface area contributed by atoms with E-state index in [1.165, 1.54) is 6.07 Å². The van der Waals surface area contributed by atoms with Crippen molar-refractivity contribution in [3.05, 3.63) is 24.0 Å². The Morgan fingerprint density at radius 1 is 1.45 bits per heavy atom. The van der Waals surface area contributed by atoms with Crippen LogP contribution in [0.25, 0.3) is 11.0 Å². The van der Waals surface area contributed by atoms with Crippen LogP contribution in [0.1, 0.15) is 31.7 Å². The van der Waals surface area contributed by atoms with Crippen molar-refractivity contribution in [3.63, 3.8) is 0 Å². The first-order chi connectivity index (χ1) is 9.66. The van der Waals surface area contributed by atoms with E-state index in [0.717, 1.165) is 43.0 Å². The average Bonchev–Trinajstić information content (AvgIpc) is 3.03. The van der Waals surface area contributed by atoms with Gasteiger partial charge in [-0.25, -0.2) is 9.37 Å². The van der Waals surface area contributed by atoms with E-state index >= 15 is 0 Å². The van der Waals surface area contributed by atoms with Gasteiger partial charge in [0.15, 0.2) is 11.0 Å². The number of hydrogen-bond acceptors (Lipinski definition) is 3. The molecule has 2 aromatic rings. The van der Waals surface area contributed by atoms with Crippen molar-refractivity contribution in [2.45, 2.75) is 36.9 Å². The van der Waals surface area contributed by atoms with E-state index in [-0.39, 0.29) is 11.6 Å². The molecule has 0 saturated heterocycles. The molecular formula is C14H15FN2O2S. The molecule has 1 N–H and O–H groups in total. The lowest BCUT2D eigenvalue weighted by molar-refractivity contribution is -0.133. The molecule has 0 radical (unpaired) electrons. The third kappa shape index (κ3) is 2.40. The fourth-order valence-electron chi connectivity index (χ4n) is 2.81. The van der Waals surface area contributed by atoms with Gasteiger partial charge in [-0.3, -0.25) is 4.79 Å². The minimum atomic E-state index is -0.888. The average molecular weight is 294 g/mol. The number of rotatable bonds is 4. The van der Waals surface area contributed by atoms with Crippen LogP contribution in [0, 0.1) is 5.82 Å². The van der Waals surface area contributed by atoms with E-state index in [1.54, 1.807) is 6.07 Å². The quantitative estimate of drug-likeness (QED) is 0.877. The summed E-state index contributed by atoms with van der Waals surface area (Å²) in [6, 6.07) is 5.23. The Hall–Kier alpha value is -1.56. The molecule has 0 atom stereocenters. The number of hydrogen-bond donors (Lipinski definition) is 1. The number of fused-ring (bicyclic) bond motifs is 1. The second-order valence-electron chi connectivity index (χ2n) is 4.99. The first-order valence-corrected chi connectivity index (χ1v) is 7.66. The Bertz CT molecular complexity index is 650. The van der Waals surface area contributed by atoms with Crippen LogP contribution in [0.2, 0.25) is 0 Å². The van der Waals surface area contributed by atoms with E-state index in [0.29, 0.717) is 16.7 Å². The molecule has 1 aliphatic carbocycles. The van der Waals surface area contributed by atoms with Crippen molar-refractivity contribution in [1.82, 2.24) is 9.55 Å². The third-order valence-corrected chi connectivity index (χ3v) is 4.59. The van der Waals surface area contributed by atoms with Gasteiger partial charge in [-0.15, -0.1) is 0 Å². The zero-order chi connectivity index (χ0) is 14.1. The molecule has 1 aromatic carbocycles. The maximum atomic E-state index is 13.9. The minimum absolute atomic E-state index is 0.0579. The van der Waals surface area contributed by atoms with Crippen molar-refractivity contribution in [1.29, 1.82) is 0 Å². The zero-order valence-corrected chi connectivity index (χ0v) is 11.7. The molecule has 6 heteroatoms. The largest absolute Gasteiger partial charge is 0.481 e. The Morgan fingerprint density at radius 2 is 2.20 bits per heavy atom. The molecule has 1 fully saturated rings. The summed E-state index contributed by atoms with van der Waals surface area (Å²) in [6.07, 6.45) is 4.40. The zero-order valence-electron chi connectivity index (χ0n) is 10.9. The summed E-state index contributed by atoms with van der Waals surface area (Å²) in [5, 5.41) is 9.44. The second-order valence-corrected chi connectivity index (χ2v) is 5.94. The first kappa shape index (κ1) is 13.4. The van der Waals surface area contributed by atoms with E-state index in [2.05, 4.69) is 4.98 Å². The van der Waals surface area contributed by atoms with Gasteiger partial charge in [0.2, 0.25) is 0 Å². The number of carboxylic acids is 1. The van der Waals surface area contributed by atoms with Gasteiger partial charge in [-0.05, 0) is 25.0 Å². The molecule has 1 aliphatic rings. The van der Waals surface area contributed by atoms with Crippen molar-refractivity contribution in [2.24, 2.45) is 0 Å². The number of benzene rings is 1. The highest BCUT2D eigenvalue weighted by Crippen LogP contribution is 2.36. The smallest absolute Gasteiger partial charge is 0.313 e. The number of halogens is 1. The predicted octanol–water partition coefficient (Wildman–Crippen LogP) is 3.47. The number of imidazole rings is 1. The summed E-state index contributed by atoms with van der Waals surface area (Å²) >= 11 is 1.16. The van der Waals surface area contributed by atoms with Crippen LogP contribution >= 0.6 is 11.8 Å². The van der Waals surface area contributed by atoms with Crippen molar-refractivity contribution in [3.8, 4) is 0 Å². The molecule has 4 nitrogen and oxygen atoms in total. The Kier molecular flexibility index (Phi) is 3.65. The lowest BCUT2D eigenvalue weighted by Gasteiger charge is -2.15. The van der Waals surface area contributed by atoms with Gasteiger partial charge in [0.05, 0.1) is 11.3 Å². The molecule has 0 aliphatic heterocycles. The molecule has 1 aromatic heterocycles. The van der Waals surface area contributed by atoms with Crippen LogP contribution in [-0.2, 0) is 4.79 Å². The van der Waals surface area contributed by atoms with Gasteiger partial charge in [-0.1, -0.05) is 30.7 Å². The standard InChI is InChI=1S/C14H15FN2O2S/c15-10-6-3-7-11-13(10)16-14(20-8-12(18)19)17(11)9-4-1-2-5-9/h3,6-7,9H,1-2,4-5,8H2,(H,18,19).